The van der Waals surface area contributed by atoms with E-state index < -0.39 is 56.5 Å². The molecular formula is C14H8F7NO2S. The van der Waals surface area contributed by atoms with E-state index in [2.05, 4.69) is 0 Å². The summed E-state index contributed by atoms with van der Waals surface area (Å²) in [5.41, 5.74) is -1.73. The molecule has 0 aliphatic rings. The van der Waals surface area contributed by atoms with Crippen LogP contribution in [0.2, 0.25) is 0 Å². The van der Waals surface area contributed by atoms with Crippen molar-refractivity contribution in [2.24, 2.45) is 0 Å². The van der Waals surface area contributed by atoms with E-state index in [0.29, 0.717) is 24.3 Å². The van der Waals surface area contributed by atoms with Crippen molar-refractivity contribution in [2.75, 3.05) is 0 Å². The van der Waals surface area contributed by atoms with Crippen molar-refractivity contribution in [3.63, 3.8) is 0 Å². The molecule has 136 valence electrons. The second-order valence-electron chi connectivity index (χ2n) is 4.81. The predicted molar refractivity (Wildman–Crippen MR) is 71.7 cm³/mol. The van der Waals surface area contributed by atoms with Crippen LogP contribution in [-0.2, 0) is 22.7 Å². The minimum absolute atomic E-state index is 0.197. The van der Waals surface area contributed by atoms with Crippen molar-refractivity contribution in [1.82, 2.24) is 4.72 Å². The zero-order valence-electron chi connectivity index (χ0n) is 12.0. The van der Waals surface area contributed by atoms with Crippen molar-refractivity contribution >= 4 is 10.0 Å². The first-order valence-electron chi connectivity index (χ1n) is 6.42. The molecule has 25 heavy (non-hydrogen) atoms. The van der Waals surface area contributed by atoms with E-state index in [1.165, 1.54) is 0 Å². The Balaban J connectivity index is 2.24. The van der Waals surface area contributed by atoms with Gasteiger partial charge < -0.3 is 0 Å². The van der Waals surface area contributed by atoms with Crippen LogP contribution >= 0.6 is 0 Å². The Bertz CT molecular complexity index is 910. The Morgan fingerprint density at radius 3 is 2.08 bits per heavy atom. The predicted octanol–water partition coefficient (Wildman–Crippen LogP) is 3.74. The van der Waals surface area contributed by atoms with E-state index in [1.807, 2.05) is 0 Å². The van der Waals surface area contributed by atoms with Gasteiger partial charge in [-0.1, -0.05) is 6.07 Å². The van der Waals surface area contributed by atoms with E-state index in [9.17, 15) is 39.2 Å². The van der Waals surface area contributed by atoms with Crippen LogP contribution < -0.4 is 4.72 Å². The summed E-state index contributed by atoms with van der Waals surface area (Å²) in [6, 6.07) is 2.55. The molecular weight excluding hydrogens is 379 g/mol. The maximum Gasteiger partial charge on any atom is 0.419 e. The third-order valence-electron chi connectivity index (χ3n) is 3.09. The average molecular weight is 387 g/mol. The largest absolute Gasteiger partial charge is 0.419 e. The molecule has 0 fully saturated rings. The van der Waals surface area contributed by atoms with Gasteiger partial charge in [0.05, 0.1) is 5.56 Å². The van der Waals surface area contributed by atoms with Crippen LogP contribution in [0.15, 0.2) is 35.2 Å². The minimum Gasteiger partial charge on any atom is -0.207 e. The molecule has 0 aromatic heterocycles. The van der Waals surface area contributed by atoms with E-state index in [-0.39, 0.29) is 5.56 Å². The molecule has 0 bridgehead atoms. The van der Waals surface area contributed by atoms with Gasteiger partial charge in [-0.05, 0) is 29.8 Å². The molecule has 11 heteroatoms. The molecule has 0 spiro atoms. The van der Waals surface area contributed by atoms with Crippen LogP contribution in [-0.4, -0.2) is 8.42 Å². The first-order valence-corrected chi connectivity index (χ1v) is 7.90. The summed E-state index contributed by atoms with van der Waals surface area (Å²) >= 11 is 0. The maximum absolute atomic E-state index is 13.5. The quantitative estimate of drug-likeness (QED) is 0.642. The number of nitrogens with one attached hydrogen (secondary N) is 1. The van der Waals surface area contributed by atoms with Gasteiger partial charge in [-0.15, -0.1) is 0 Å². The number of rotatable bonds is 4. The van der Waals surface area contributed by atoms with Crippen LogP contribution in [0.4, 0.5) is 30.7 Å². The highest BCUT2D eigenvalue weighted by molar-refractivity contribution is 7.89. The van der Waals surface area contributed by atoms with Gasteiger partial charge in [0.2, 0.25) is 10.0 Å². The monoisotopic (exact) mass is 387 g/mol. The molecule has 0 saturated carbocycles. The molecule has 0 radical (unpaired) electrons. The summed E-state index contributed by atoms with van der Waals surface area (Å²) in [5.74, 6) is -7.17. The van der Waals surface area contributed by atoms with E-state index >= 15 is 0 Å². The van der Waals surface area contributed by atoms with E-state index in [0.717, 1.165) is 6.07 Å². The molecule has 0 amide bonds. The first kappa shape index (κ1) is 19.2. The summed E-state index contributed by atoms with van der Waals surface area (Å²) in [6.45, 7) is -0.699. The van der Waals surface area contributed by atoms with Gasteiger partial charge in [-0.25, -0.2) is 30.7 Å². The summed E-state index contributed by atoms with van der Waals surface area (Å²) in [7, 11) is -4.66. The van der Waals surface area contributed by atoms with Gasteiger partial charge in [-0.2, -0.15) is 13.2 Å². The molecule has 3 nitrogen and oxygen atoms in total. The van der Waals surface area contributed by atoms with Crippen molar-refractivity contribution in [2.45, 2.75) is 17.6 Å². The van der Waals surface area contributed by atoms with Gasteiger partial charge in [0, 0.05) is 6.54 Å². The molecule has 0 unspecified atom stereocenters. The Kier molecular flexibility index (Phi) is 5.09. The molecule has 0 heterocycles. The van der Waals surface area contributed by atoms with Crippen LogP contribution in [0, 0.1) is 23.3 Å². The summed E-state index contributed by atoms with van der Waals surface area (Å²) in [5, 5.41) is 0. The number of hydrogen-bond donors (Lipinski definition) is 1. The van der Waals surface area contributed by atoms with Crippen LogP contribution in [0.1, 0.15) is 11.1 Å². The first-order chi connectivity index (χ1) is 11.4. The fourth-order valence-corrected chi connectivity index (χ4v) is 2.96. The smallest absolute Gasteiger partial charge is 0.207 e. The zero-order valence-corrected chi connectivity index (χ0v) is 12.8. The fraction of sp³-hybridized carbons (Fsp3) is 0.143. The lowest BCUT2D eigenvalue weighted by atomic mass is 10.1. The van der Waals surface area contributed by atoms with Gasteiger partial charge in [-0.3, -0.25) is 0 Å². The third-order valence-corrected chi connectivity index (χ3v) is 4.51. The number of benzene rings is 2. The van der Waals surface area contributed by atoms with Crippen LogP contribution in [0.3, 0.4) is 0 Å². The SMILES string of the molecule is O=S(=O)(NCc1ccc(C(F)(F)F)c(F)c1)c1ccc(F)c(F)c1F. The minimum atomic E-state index is -4.92. The van der Waals surface area contributed by atoms with Crippen molar-refractivity contribution in [3.05, 3.63) is 64.7 Å². The summed E-state index contributed by atoms with van der Waals surface area (Å²) in [4.78, 5) is -1.20. The van der Waals surface area contributed by atoms with Crippen molar-refractivity contribution in [1.29, 1.82) is 0 Å². The highest BCUT2D eigenvalue weighted by Crippen LogP contribution is 2.31. The van der Waals surface area contributed by atoms with Gasteiger partial charge >= 0.3 is 6.18 Å². The molecule has 2 rings (SSSR count). The molecule has 0 aliphatic heterocycles. The molecule has 0 saturated heterocycles. The number of alkyl halides is 3. The standard InChI is InChI=1S/C14H8F7NO2S/c15-9-3-4-11(13(18)12(9)17)25(23,24)22-6-7-1-2-8(10(16)5-7)14(19,20)21/h1-5,22H,6H2. The fourth-order valence-electron chi connectivity index (χ4n) is 1.87. The lowest BCUT2D eigenvalue weighted by molar-refractivity contribution is -0.140. The van der Waals surface area contributed by atoms with Gasteiger partial charge in [0.1, 0.15) is 10.7 Å². The zero-order chi connectivity index (χ0) is 19.0. The van der Waals surface area contributed by atoms with Crippen molar-refractivity contribution in [3.8, 4) is 0 Å². The Hall–Kier alpha value is -2.14. The molecule has 1 N–H and O–H groups in total. The normalized spacial score (nSPS) is 12.4. The van der Waals surface area contributed by atoms with Gasteiger partial charge in [0.25, 0.3) is 0 Å². The van der Waals surface area contributed by atoms with Crippen molar-refractivity contribution < 1.29 is 39.2 Å². The van der Waals surface area contributed by atoms with E-state index in [4.69, 9.17) is 0 Å². The molecule has 2 aromatic rings. The lowest BCUT2D eigenvalue weighted by Gasteiger charge is -2.11. The summed E-state index contributed by atoms with van der Waals surface area (Å²) in [6.07, 6.45) is -4.92. The van der Waals surface area contributed by atoms with Gasteiger partial charge in [0.15, 0.2) is 17.5 Å². The molecule has 0 aliphatic carbocycles. The lowest BCUT2D eigenvalue weighted by Crippen LogP contribution is -2.25. The average Bonchev–Trinajstić information content (AvgIpc) is 2.49. The van der Waals surface area contributed by atoms with Crippen LogP contribution in [0.25, 0.3) is 0 Å². The number of halogens is 7. The topological polar surface area (TPSA) is 46.2 Å². The Labute approximate surface area is 137 Å². The van der Waals surface area contributed by atoms with E-state index in [1.54, 1.807) is 4.72 Å². The second kappa shape index (κ2) is 6.64. The number of hydrogen-bond acceptors (Lipinski definition) is 2. The Morgan fingerprint density at radius 2 is 1.52 bits per heavy atom. The Morgan fingerprint density at radius 1 is 0.880 bits per heavy atom. The maximum atomic E-state index is 13.5. The highest BCUT2D eigenvalue weighted by atomic mass is 32.2. The third kappa shape index (κ3) is 4.10. The summed E-state index contributed by atoms with van der Waals surface area (Å²) < 4.78 is 116. The number of sulfonamides is 1. The van der Waals surface area contributed by atoms with Crippen LogP contribution in [0.5, 0.6) is 0 Å². The second-order valence-corrected chi connectivity index (χ2v) is 6.55. The molecule has 0 atom stereocenters. The molecule has 2 aromatic carbocycles. The highest BCUT2D eigenvalue weighted by Gasteiger charge is 2.34.